The van der Waals surface area contributed by atoms with Crippen molar-refractivity contribution in [3.63, 3.8) is 0 Å². The molecule has 1 saturated heterocycles. The molecule has 0 radical (unpaired) electrons. The molecular weight excluding hydrogens is 316 g/mol. The maximum absolute atomic E-state index is 12.7. The zero-order chi connectivity index (χ0) is 17.4. The number of nitrogens with zero attached hydrogens (tertiary/aromatic N) is 2. The molecule has 0 spiro atoms. The van der Waals surface area contributed by atoms with E-state index < -0.39 is 0 Å². The molecule has 2 amide bonds. The third-order valence-electron chi connectivity index (χ3n) is 5.88. The highest BCUT2D eigenvalue weighted by molar-refractivity contribution is 5.94. The van der Waals surface area contributed by atoms with Gasteiger partial charge in [0.25, 0.3) is 5.91 Å². The molecule has 1 heterocycles. The topological polar surface area (TPSA) is 60.9 Å². The molecule has 134 valence electrons. The molecule has 1 aromatic rings. The highest BCUT2D eigenvalue weighted by Gasteiger charge is 2.42. The van der Waals surface area contributed by atoms with E-state index in [0.29, 0.717) is 44.1 Å². The van der Waals surface area contributed by atoms with E-state index >= 15 is 0 Å². The van der Waals surface area contributed by atoms with Crippen molar-refractivity contribution in [1.82, 2.24) is 9.80 Å². The van der Waals surface area contributed by atoms with Crippen LogP contribution in [-0.2, 0) is 4.79 Å². The predicted octanol–water partition coefficient (Wildman–Crippen LogP) is 2.50. The lowest BCUT2D eigenvalue weighted by Crippen LogP contribution is -2.51. The van der Waals surface area contributed by atoms with E-state index in [1.165, 1.54) is 31.7 Å². The van der Waals surface area contributed by atoms with Crippen LogP contribution in [0.5, 0.6) is 5.75 Å². The molecule has 0 aromatic heterocycles. The van der Waals surface area contributed by atoms with Gasteiger partial charge >= 0.3 is 0 Å². The maximum atomic E-state index is 12.7. The van der Waals surface area contributed by atoms with Gasteiger partial charge in [0.2, 0.25) is 5.91 Å². The minimum absolute atomic E-state index is 0.0724. The summed E-state index contributed by atoms with van der Waals surface area (Å²) in [5.41, 5.74) is 0.502. The molecule has 25 heavy (non-hydrogen) atoms. The lowest BCUT2D eigenvalue weighted by Gasteiger charge is -2.35. The Balaban J connectivity index is 1.30. The van der Waals surface area contributed by atoms with E-state index in [1.807, 2.05) is 4.90 Å². The number of benzene rings is 1. The molecule has 2 aliphatic carbocycles. The van der Waals surface area contributed by atoms with Crippen LogP contribution in [0.15, 0.2) is 24.3 Å². The van der Waals surface area contributed by atoms with E-state index in [1.54, 1.807) is 23.1 Å². The van der Waals surface area contributed by atoms with Gasteiger partial charge in [0, 0.05) is 38.2 Å². The van der Waals surface area contributed by atoms with Crippen LogP contribution >= 0.6 is 0 Å². The van der Waals surface area contributed by atoms with E-state index in [2.05, 4.69) is 0 Å². The number of phenols is 1. The third-order valence-corrected chi connectivity index (χ3v) is 5.88. The molecule has 3 fully saturated rings. The smallest absolute Gasteiger partial charge is 0.254 e. The summed E-state index contributed by atoms with van der Waals surface area (Å²) in [5.74, 6) is 2.51. The minimum atomic E-state index is -0.0724. The van der Waals surface area contributed by atoms with Gasteiger partial charge in [-0.15, -0.1) is 0 Å². The van der Waals surface area contributed by atoms with Crippen LogP contribution in [0.4, 0.5) is 0 Å². The van der Waals surface area contributed by atoms with E-state index in [0.717, 1.165) is 11.8 Å². The fourth-order valence-corrected chi connectivity index (χ4v) is 4.08. The first kappa shape index (κ1) is 16.4. The van der Waals surface area contributed by atoms with Crippen LogP contribution in [-0.4, -0.2) is 52.9 Å². The SMILES string of the molecule is O=C(CC(C1CC1)C1CC1)N1CCN(C(=O)c2cccc(O)c2)CC1. The molecule has 3 aliphatic rings. The second kappa shape index (κ2) is 6.70. The molecular formula is C20H26N2O3. The van der Waals surface area contributed by atoms with Crippen LogP contribution in [0.25, 0.3) is 0 Å². The van der Waals surface area contributed by atoms with Crippen molar-refractivity contribution in [2.75, 3.05) is 26.2 Å². The molecule has 5 nitrogen and oxygen atoms in total. The number of carbonyl (C=O) groups excluding carboxylic acids is 2. The van der Waals surface area contributed by atoms with Crippen LogP contribution in [0.2, 0.25) is 0 Å². The number of carbonyl (C=O) groups is 2. The number of phenolic OH excluding ortho intramolecular Hbond substituents is 1. The normalized spacial score (nSPS) is 20.8. The number of amides is 2. The van der Waals surface area contributed by atoms with Crippen molar-refractivity contribution >= 4 is 11.8 Å². The predicted molar refractivity (Wildman–Crippen MR) is 94.1 cm³/mol. The Bertz CT molecular complexity index is 647. The van der Waals surface area contributed by atoms with Crippen molar-refractivity contribution in [1.29, 1.82) is 0 Å². The average Bonchev–Trinajstić information content (AvgIpc) is 3.52. The molecule has 0 atom stereocenters. The lowest BCUT2D eigenvalue weighted by atomic mass is 9.93. The Morgan fingerprint density at radius 3 is 2.16 bits per heavy atom. The first-order chi connectivity index (χ1) is 12.1. The first-order valence-corrected chi connectivity index (χ1v) is 9.48. The Morgan fingerprint density at radius 1 is 1.00 bits per heavy atom. The quantitative estimate of drug-likeness (QED) is 0.894. The second-order valence-corrected chi connectivity index (χ2v) is 7.77. The molecule has 0 unspecified atom stereocenters. The minimum Gasteiger partial charge on any atom is -0.508 e. The van der Waals surface area contributed by atoms with E-state index in [4.69, 9.17) is 0 Å². The number of hydrogen-bond donors (Lipinski definition) is 1. The molecule has 1 N–H and O–H groups in total. The van der Waals surface area contributed by atoms with Gasteiger partial charge in [0.1, 0.15) is 5.75 Å². The van der Waals surface area contributed by atoms with E-state index in [-0.39, 0.29) is 17.6 Å². The van der Waals surface area contributed by atoms with Gasteiger partial charge in [-0.1, -0.05) is 6.07 Å². The summed E-state index contributed by atoms with van der Waals surface area (Å²) in [6.45, 7) is 2.37. The van der Waals surface area contributed by atoms with Crippen LogP contribution in [0.3, 0.4) is 0 Å². The van der Waals surface area contributed by atoms with Gasteiger partial charge in [-0.2, -0.15) is 0 Å². The fourth-order valence-electron chi connectivity index (χ4n) is 4.08. The summed E-state index contributed by atoms with van der Waals surface area (Å²) in [7, 11) is 0. The summed E-state index contributed by atoms with van der Waals surface area (Å²) >= 11 is 0. The summed E-state index contributed by atoms with van der Waals surface area (Å²) in [5, 5.41) is 9.54. The summed E-state index contributed by atoms with van der Waals surface area (Å²) in [6, 6.07) is 6.45. The van der Waals surface area contributed by atoms with Crippen molar-refractivity contribution in [2.45, 2.75) is 32.1 Å². The van der Waals surface area contributed by atoms with Crippen LogP contribution < -0.4 is 0 Å². The summed E-state index contributed by atoms with van der Waals surface area (Å²) in [6.07, 6.45) is 5.93. The second-order valence-electron chi connectivity index (χ2n) is 7.77. The average molecular weight is 342 g/mol. The van der Waals surface area contributed by atoms with Gasteiger partial charge < -0.3 is 14.9 Å². The highest BCUT2D eigenvalue weighted by Crippen LogP contribution is 2.50. The summed E-state index contributed by atoms with van der Waals surface area (Å²) in [4.78, 5) is 28.9. The molecule has 1 aliphatic heterocycles. The van der Waals surface area contributed by atoms with Crippen molar-refractivity contribution < 1.29 is 14.7 Å². The van der Waals surface area contributed by atoms with Crippen molar-refractivity contribution in [3.05, 3.63) is 29.8 Å². The van der Waals surface area contributed by atoms with Crippen LogP contribution in [0.1, 0.15) is 42.5 Å². The number of aromatic hydroxyl groups is 1. The third kappa shape index (κ3) is 3.80. The number of piperazine rings is 1. The highest BCUT2D eigenvalue weighted by atomic mass is 16.3. The number of hydrogen-bond acceptors (Lipinski definition) is 3. The molecule has 5 heteroatoms. The maximum Gasteiger partial charge on any atom is 0.254 e. The van der Waals surface area contributed by atoms with Gasteiger partial charge in [0.15, 0.2) is 0 Å². The van der Waals surface area contributed by atoms with Crippen molar-refractivity contribution in [3.8, 4) is 5.75 Å². The molecule has 2 saturated carbocycles. The van der Waals surface area contributed by atoms with Crippen molar-refractivity contribution in [2.24, 2.45) is 17.8 Å². The molecule has 4 rings (SSSR count). The largest absolute Gasteiger partial charge is 0.508 e. The van der Waals surface area contributed by atoms with Crippen LogP contribution in [0, 0.1) is 17.8 Å². The monoisotopic (exact) mass is 342 g/mol. The first-order valence-electron chi connectivity index (χ1n) is 9.48. The van der Waals surface area contributed by atoms with E-state index in [9.17, 15) is 14.7 Å². The molecule has 0 bridgehead atoms. The Hall–Kier alpha value is -2.04. The lowest BCUT2D eigenvalue weighted by molar-refractivity contribution is -0.134. The Morgan fingerprint density at radius 2 is 1.60 bits per heavy atom. The standard InChI is InChI=1S/C20H26N2O3/c23-17-3-1-2-16(12-17)20(25)22-10-8-21(9-11-22)19(24)13-18(14-4-5-14)15-6-7-15/h1-3,12,14-15,18,23H,4-11,13H2. The zero-order valence-corrected chi connectivity index (χ0v) is 14.6. The van der Waals surface area contributed by atoms with Gasteiger partial charge in [-0.05, 0) is 61.6 Å². The van der Waals surface area contributed by atoms with Gasteiger partial charge in [-0.3, -0.25) is 9.59 Å². The summed E-state index contributed by atoms with van der Waals surface area (Å²) < 4.78 is 0. The Labute approximate surface area is 148 Å². The zero-order valence-electron chi connectivity index (χ0n) is 14.6. The van der Waals surface area contributed by atoms with Gasteiger partial charge in [0.05, 0.1) is 0 Å². The molecule has 1 aromatic carbocycles. The Kier molecular flexibility index (Phi) is 4.40. The number of rotatable bonds is 5. The fraction of sp³-hybridized carbons (Fsp3) is 0.600. The van der Waals surface area contributed by atoms with Gasteiger partial charge in [-0.25, -0.2) is 0 Å².